The lowest BCUT2D eigenvalue weighted by molar-refractivity contribution is -0.120. The molecule has 2 N–H and O–H groups in total. The number of carbonyl (C=O) groups is 1. The van der Waals surface area contributed by atoms with Crippen LogP contribution in [0.3, 0.4) is 0 Å². The largest absolute Gasteiger partial charge is 0.283 e. The van der Waals surface area contributed by atoms with Crippen molar-refractivity contribution in [3.63, 3.8) is 0 Å². The molecular formula is C19H28N4O. The molecule has 4 saturated carbocycles. The van der Waals surface area contributed by atoms with E-state index in [0.717, 1.165) is 41.3 Å². The van der Waals surface area contributed by atoms with Crippen molar-refractivity contribution in [2.45, 2.75) is 65.2 Å². The number of carbonyl (C=O) groups excluding carboxylic acids is 1. The third kappa shape index (κ3) is 3.26. The van der Waals surface area contributed by atoms with Crippen LogP contribution in [0, 0.1) is 30.1 Å². The lowest BCUT2D eigenvalue weighted by atomic mass is 9.48. The van der Waals surface area contributed by atoms with Crippen LogP contribution < -0.4 is 5.43 Å². The molecule has 5 nitrogen and oxygen atoms in total. The number of hydrogen-bond donors (Lipinski definition) is 2. The van der Waals surface area contributed by atoms with Crippen LogP contribution in [0.15, 0.2) is 11.2 Å². The third-order valence-electron chi connectivity index (χ3n) is 6.27. The molecule has 0 aromatic carbocycles. The molecule has 0 atom stereocenters. The minimum Gasteiger partial charge on any atom is -0.283 e. The molecule has 1 heterocycles. The number of rotatable bonds is 5. The van der Waals surface area contributed by atoms with Gasteiger partial charge in [0.05, 0.1) is 12.1 Å². The molecule has 0 aliphatic heterocycles. The first kappa shape index (κ1) is 15.9. The molecule has 0 saturated heterocycles. The summed E-state index contributed by atoms with van der Waals surface area (Å²) in [5, 5.41) is 11.3. The number of amides is 1. The number of nitrogens with zero attached hydrogens (tertiary/aromatic N) is 2. The molecule has 0 unspecified atom stereocenters. The molecule has 24 heavy (non-hydrogen) atoms. The Morgan fingerprint density at radius 3 is 2.46 bits per heavy atom. The highest BCUT2D eigenvalue weighted by atomic mass is 16.2. The van der Waals surface area contributed by atoms with Gasteiger partial charge in [-0.25, -0.2) is 5.43 Å². The topological polar surface area (TPSA) is 70.1 Å². The Labute approximate surface area is 143 Å². The maximum absolute atomic E-state index is 12.0. The second-order valence-corrected chi connectivity index (χ2v) is 8.70. The maximum Gasteiger partial charge on any atom is 0.246 e. The van der Waals surface area contributed by atoms with Gasteiger partial charge < -0.3 is 0 Å². The summed E-state index contributed by atoms with van der Waals surface area (Å²) in [5.74, 6) is 2.79. The Balaban J connectivity index is 1.33. The number of nitrogens with one attached hydrogen (secondary N) is 2. The minimum atomic E-state index is -0.0913. The molecule has 4 aliphatic carbocycles. The quantitative estimate of drug-likeness (QED) is 0.643. The second kappa shape index (κ2) is 6.01. The summed E-state index contributed by atoms with van der Waals surface area (Å²) in [4.78, 5) is 12.0. The summed E-state index contributed by atoms with van der Waals surface area (Å²) in [5.41, 5.74) is 6.00. The van der Waals surface area contributed by atoms with Gasteiger partial charge in [0.15, 0.2) is 0 Å². The van der Waals surface area contributed by atoms with E-state index in [4.69, 9.17) is 0 Å². The zero-order chi connectivity index (χ0) is 16.7. The predicted octanol–water partition coefficient (Wildman–Crippen LogP) is 3.36. The first-order valence-electron chi connectivity index (χ1n) is 9.33. The van der Waals surface area contributed by atoms with Gasteiger partial charge in [-0.05, 0) is 88.0 Å². The fourth-order valence-electron chi connectivity index (χ4n) is 6.02. The summed E-state index contributed by atoms with van der Waals surface area (Å²) in [7, 11) is 0. The van der Waals surface area contributed by atoms with E-state index in [1.807, 2.05) is 13.0 Å². The Morgan fingerprint density at radius 2 is 1.92 bits per heavy atom. The zero-order valence-electron chi connectivity index (χ0n) is 14.8. The predicted molar refractivity (Wildman–Crippen MR) is 93.5 cm³/mol. The van der Waals surface area contributed by atoms with Gasteiger partial charge in [0.1, 0.15) is 0 Å². The molecular weight excluding hydrogens is 300 g/mol. The Bertz CT molecular complexity index is 625. The van der Waals surface area contributed by atoms with Crippen molar-refractivity contribution in [2.75, 3.05) is 0 Å². The molecule has 1 aromatic rings. The molecule has 0 radical (unpaired) electrons. The number of hydrogen-bond acceptors (Lipinski definition) is 3. The molecule has 4 fully saturated rings. The number of aromatic amines is 1. The van der Waals surface area contributed by atoms with E-state index in [-0.39, 0.29) is 12.3 Å². The van der Waals surface area contributed by atoms with Crippen molar-refractivity contribution in [2.24, 2.45) is 28.3 Å². The second-order valence-electron chi connectivity index (χ2n) is 8.70. The molecule has 130 valence electrons. The number of hydrazone groups is 1. The maximum atomic E-state index is 12.0. The molecule has 5 rings (SSSR count). The van der Waals surface area contributed by atoms with Crippen LogP contribution in [0.1, 0.15) is 63.3 Å². The fourth-order valence-corrected chi connectivity index (χ4v) is 6.02. The Morgan fingerprint density at radius 1 is 1.29 bits per heavy atom. The van der Waals surface area contributed by atoms with Crippen LogP contribution >= 0.6 is 0 Å². The van der Waals surface area contributed by atoms with E-state index >= 15 is 0 Å². The Hall–Kier alpha value is -1.65. The van der Waals surface area contributed by atoms with Gasteiger partial charge in [0.25, 0.3) is 0 Å². The highest BCUT2D eigenvalue weighted by Crippen LogP contribution is 2.61. The average molecular weight is 328 g/mol. The molecule has 0 spiro atoms. The lowest BCUT2D eigenvalue weighted by Gasteiger charge is -2.57. The normalized spacial score (nSPS) is 34.6. The van der Waals surface area contributed by atoms with Crippen LogP contribution in [-0.4, -0.2) is 21.8 Å². The van der Waals surface area contributed by atoms with Gasteiger partial charge in [-0.15, -0.1) is 0 Å². The molecule has 1 aromatic heterocycles. The highest BCUT2D eigenvalue weighted by Gasteiger charge is 2.50. The molecule has 1 amide bonds. The van der Waals surface area contributed by atoms with Crippen molar-refractivity contribution < 1.29 is 4.79 Å². The van der Waals surface area contributed by atoms with Gasteiger partial charge in [-0.2, -0.15) is 10.2 Å². The number of aromatic nitrogens is 2. The van der Waals surface area contributed by atoms with Crippen molar-refractivity contribution in [1.82, 2.24) is 15.6 Å². The monoisotopic (exact) mass is 328 g/mol. The van der Waals surface area contributed by atoms with Crippen LogP contribution in [0.2, 0.25) is 0 Å². The number of H-pyrrole nitrogens is 1. The van der Waals surface area contributed by atoms with E-state index in [9.17, 15) is 4.79 Å². The highest BCUT2D eigenvalue weighted by molar-refractivity contribution is 5.85. The minimum absolute atomic E-state index is 0.0913. The van der Waals surface area contributed by atoms with E-state index in [1.165, 1.54) is 38.5 Å². The summed E-state index contributed by atoms with van der Waals surface area (Å²) in [6, 6.07) is 1.89. The van der Waals surface area contributed by atoms with E-state index < -0.39 is 0 Å². The van der Waals surface area contributed by atoms with Crippen LogP contribution in [0.5, 0.6) is 0 Å². The molecule has 5 heteroatoms. The van der Waals surface area contributed by atoms with Crippen LogP contribution in [0.4, 0.5) is 0 Å². The lowest BCUT2D eigenvalue weighted by Crippen LogP contribution is -2.46. The van der Waals surface area contributed by atoms with Gasteiger partial charge >= 0.3 is 0 Å². The van der Waals surface area contributed by atoms with E-state index in [0.29, 0.717) is 5.41 Å². The first-order chi connectivity index (χ1) is 11.5. The standard InChI is InChI=1S/C19H28N4O/c1-12-3-17(22-20-12)7-18(24)23-21-13(2)8-19-9-14-4-15(10-19)6-16(5-14)11-19/h3,14-16H,4-11H2,1-2H3,(H,20,22)(H,23,24). The van der Waals surface area contributed by atoms with Gasteiger partial charge in [0, 0.05) is 11.4 Å². The van der Waals surface area contributed by atoms with E-state index in [2.05, 4.69) is 27.6 Å². The number of aryl methyl sites for hydroxylation is 1. The molecule has 4 aliphatic rings. The van der Waals surface area contributed by atoms with Crippen LogP contribution in [0.25, 0.3) is 0 Å². The first-order valence-corrected chi connectivity index (χ1v) is 9.33. The Kier molecular flexibility index (Phi) is 3.97. The summed E-state index contributed by atoms with van der Waals surface area (Å²) in [6.07, 6.45) is 9.88. The van der Waals surface area contributed by atoms with E-state index in [1.54, 1.807) is 0 Å². The average Bonchev–Trinajstić information content (AvgIpc) is 2.88. The third-order valence-corrected chi connectivity index (χ3v) is 6.27. The molecule has 4 bridgehead atoms. The SMILES string of the molecule is CC(CC12CC3CC(CC(C3)C1)C2)=NNC(=O)Cc1cc(C)[nH]n1. The van der Waals surface area contributed by atoms with Crippen molar-refractivity contribution in [1.29, 1.82) is 0 Å². The summed E-state index contributed by atoms with van der Waals surface area (Å²) in [6.45, 7) is 4.00. The summed E-state index contributed by atoms with van der Waals surface area (Å²) >= 11 is 0. The van der Waals surface area contributed by atoms with Crippen molar-refractivity contribution in [3.8, 4) is 0 Å². The smallest absolute Gasteiger partial charge is 0.246 e. The van der Waals surface area contributed by atoms with Crippen molar-refractivity contribution >= 4 is 11.6 Å². The fraction of sp³-hybridized carbons (Fsp3) is 0.737. The van der Waals surface area contributed by atoms with Crippen LogP contribution in [-0.2, 0) is 11.2 Å². The van der Waals surface area contributed by atoms with Gasteiger partial charge in [-0.3, -0.25) is 9.89 Å². The summed E-state index contributed by atoms with van der Waals surface area (Å²) < 4.78 is 0. The van der Waals surface area contributed by atoms with Crippen molar-refractivity contribution in [3.05, 3.63) is 17.5 Å². The zero-order valence-corrected chi connectivity index (χ0v) is 14.8. The van der Waals surface area contributed by atoms with Gasteiger partial charge in [0.2, 0.25) is 5.91 Å². The van der Waals surface area contributed by atoms with Gasteiger partial charge in [-0.1, -0.05) is 0 Å².